The molecule has 28 heavy (non-hydrogen) atoms. The first-order valence-corrected chi connectivity index (χ1v) is 10.4. The second kappa shape index (κ2) is 8.17. The number of carbonyl (C=O) groups is 2. The third-order valence-corrected chi connectivity index (χ3v) is 6.04. The molecule has 1 N–H and O–H groups in total. The Hall–Kier alpha value is -2.62. The van der Waals surface area contributed by atoms with Crippen LogP contribution in [-0.4, -0.2) is 22.8 Å². The molecule has 2 aromatic rings. The van der Waals surface area contributed by atoms with Crippen molar-refractivity contribution in [2.24, 2.45) is 0 Å². The molecule has 4 rings (SSSR count). The van der Waals surface area contributed by atoms with Gasteiger partial charge in [-0.25, -0.2) is 0 Å². The largest absolute Gasteiger partial charge is 0.353 e. The molecule has 1 aliphatic carbocycles. The standard InChI is InChI=1S/C24H28N2O2/c1-17-11-13-18(14-12-17)22(15-23(27)25-20-8-3-2-4-9-20)26-16-19-7-5-6-10-21(19)24(26)28/h5-7,10-14,20,22H,2-4,8-9,15-16H2,1H3,(H,25,27)/t22-/m0/s1. The zero-order valence-electron chi connectivity index (χ0n) is 16.5. The molecule has 146 valence electrons. The van der Waals surface area contributed by atoms with Crippen molar-refractivity contribution in [3.05, 3.63) is 70.8 Å². The minimum Gasteiger partial charge on any atom is -0.353 e. The maximum atomic E-state index is 13.0. The van der Waals surface area contributed by atoms with Crippen LogP contribution in [0, 0.1) is 6.92 Å². The number of benzene rings is 2. The van der Waals surface area contributed by atoms with E-state index >= 15 is 0 Å². The Kier molecular flexibility index (Phi) is 5.47. The maximum Gasteiger partial charge on any atom is 0.255 e. The second-order valence-corrected chi connectivity index (χ2v) is 8.12. The molecule has 0 spiro atoms. The summed E-state index contributed by atoms with van der Waals surface area (Å²) < 4.78 is 0. The molecule has 2 aromatic carbocycles. The summed E-state index contributed by atoms with van der Waals surface area (Å²) in [6.07, 6.45) is 6.07. The van der Waals surface area contributed by atoms with E-state index in [9.17, 15) is 9.59 Å². The summed E-state index contributed by atoms with van der Waals surface area (Å²) in [5.74, 6) is 0.0628. The highest BCUT2D eigenvalue weighted by Gasteiger charge is 2.34. The fourth-order valence-electron chi connectivity index (χ4n) is 4.43. The number of hydrogen-bond acceptors (Lipinski definition) is 2. The summed E-state index contributed by atoms with van der Waals surface area (Å²) in [5.41, 5.74) is 3.99. The number of carbonyl (C=O) groups excluding carboxylic acids is 2. The van der Waals surface area contributed by atoms with Crippen LogP contribution in [0.1, 0.15) is 71.6 Å². The van der Waals surface area contributed by atoms with Crippen molar-refractivity contribution >= 4 is 11.8 Å². The predicted octanol–water partition coefficient (Wildman–Crippen LogP) is 4.53. The van der Waals surface area contributed by atoms with Gasteiger partial charge >= 0.3 is 0 Å². The average Bonchev–Trinajstić information content (AvgIpc) is 3.04. The molecule has 4 heteroatoms. The first-order chi connectivity index (χ1) is 13.6. The van der Waals surface area contributed by atoms with Crippen molar-refractivity contribution in [3.63, 3.8) is 0 Å². The smallest absolute Gasteiger partial charge is 0.255 e. The van der Waals surface area contributed by atoms with Gasteiger partial charge in [0, 0.05) is 18.2 Å². The molecule has 1 heterocycles. The molecule has 2 aliphatic rings. The quantitative estimate of drug-likeness (QED) is 0.833. The number of rotatable bonds is 5. The number of aryl methyl sites for hydroxylation is 1. The van der Waals surface area contributed by atoms with E-state index < -0.39 is 0 Å². The minimum absolute atomic E-state index is 0.0200. The van der Waals surface area contributed by atoms with Crippen LogP contribution in [-0.2, 0) is 11.3 Å². The van der Waals surface area contributed by atoms with Crippen molar-refractivity contribution < 1.29 is 9.59 Å². The van der Waals surface area contributed by atoms with Crippen molar-refractivity contribution in [2.75, 3.05) is 0 Å². The molecule has 4 nitrogen and oxygen atoms in total. The number of hydrogen-bond donors (Lipinski definition) is 1. The van der Waals surface area contributed by atoms with Crippen LogP contribution in [0.5, 0.6) is 0 Å². The zero-order chi connectivity index (χ0) is 19.5. The van der Waals surface area contributed by atoms with Gasteiger partial charge in [-0.2, -0.15) is 0 Å². The zero-order valence-corrected chi connectivity index (χ0v) is 16.5. The second-order valence-electron chi connectivity index (χ2n) is 8.12. The average molecular weight is 377 g/mol. The van der Waals surface area contributed by atoms with E-state index in [0.29, 0.717) is 13.0 Å². The van der Waals surface area contributed by atoms with Crippen molar-refractivity contribution in [1.29, 1.82) is 0 Å². The molecular weight excluding hydrogens is 348 g/mol. The third-order valence-electron chi connectivity index (χ3n) is 6.04. The van der Waals surface area contributed by atoms with Crippen LogP contribution >= 0.6 is 0 Å². The Morgan fingerprint density at radius 2 is 1.79 bits per heavy atom. The van der Waals surface area contributed by atoms with E-state index in [1.54, 1.807) is 0 Å². The normalized spacial score (nSPS) is 18.0. The Labute approximate surface area is 166 Å². The van der Waals surface area contributed by atoms with Crippen LogP contribution in [0.25, 0.3) is 0 Å². The lowest BCUT2D eigenvalue weighted by molar-refractivity contribution is -0.123. The fraction of sp³-hybridized carbons (Fsp3) is 0.417. The molecule has 0 bridgehead atoms. The molecular formula is C24H28N2O2. The lowest BCUT2D eigenvalue weighted by Crippen LogP contribution is -2.39. The number of nitrogens with zero attached hydrogens (tertiary/aromatic N) is 1. The number of nitrogens with one attached hydrogen (secondary N) is 1. The maximum absolute atomic E-state index is 13.0. The summed E-state index contributed by atoms with van der Waals surface area (Å²) in [6, 6.07) is 16.0. The van der Waals surface area contributed by atoms with Crippen molar-refractivity contribution in [3.8, 4) is 0 Å². The highest BCUT2D eigenvalue weighted by Crippen LogP contribution is 2.33. The first kappa shape index (κ1) is 18.7. The van der Waals surface area contributed by atoms with Gasteiger partial charge in [-0.3, -0.25) is 9.59 Å². The highest BCUT2D eigenvalue weighted by molar-refractivity contribution is 5.98. The Morgan fingerprint density at radius 3 is 2.50 bits per heavy atom. The number of amides is 2. The summed E-state index contributed by atoms with van der Waals surface area (Å²) in [4.78, 5) is 27.8. The molecule has 1 atom stereocenters. The van der Waals surface area contributed by atoms with E-state index in [-0.39, 0.29) is 23.9 Å². The fourth-order valence-corrected chi connectivity index (χ4v) is 4.43. The topological polar surface area (TPSA) is 49.4 Å². The molecule has 0 unspecified atom stereocenters. The number of fused-ring (bicyclic) bond motifs is 1. The van der Waals surface area contributed by atoms with Crippen LogP contribution in [0.3, 0.4) is 0 Å². The van der Waals surface area contributed by atoms with Gasteiger partial charge in [-0.15, -0.1) is 0 Å². The van der Waals surface area contributed by atoms with E-state index in [1.165, 1.54) is 24.8 Å². The molecule has 1 saturated carbocycles. The van der Waals surface area contributed by atoms with Gasteiger partial charge in [0.1, 0.15) is 0 Å². The summed E-state index contributed by atoms with van der Waals surface area (Å²) in [7, 11) is 0. The van der Waals surface area contributed by atoms with E-state index in [4.69, 9.17) is 0 Å². The summed E-state index contributed by atoms with van der Waals surface area (Å²) >= 11 is 0. The Morgan fingerprint density at radius 1 is 1.07 bits per heavy atom. The van der Waals surface area contributed by atoms with E-state index in [1.807, 2.05) is 48.2 Å². The van der Waals surface area contributed by atoms with E-state index in [0.717, 1.165) is 29.5 Å². The van der Waals surface area contributed by atoms with Gasteiger partial charge in [0.05, 0.1) is 12.5 Å². The van der Waals surface area contributed by atoms with Crippen molar-refractivity contribution in [2.45, 2.75) is 64.1 Å². The third kappa shape index (κ3) is 3.96. The lowest BCUT2D eigenvalue weighted by Gasteiger charge is -2.29. The van der Waals surface area contributed by atoms with Crippen LogP contribution in [0.4, 0.5) is 0 Å². The first-order valence-electron chi connectivity index (χ1n) is 10.4. The Bertz CT molecular complexity index is 853. The summed E-state index contributed by atoms with van der Waals surface area (Å²) in [5, 5.41) is 3.21. The van der Waals surface area contributed by atoms with Gasteiger partial charge in [-0.1, -0.05) is 67.3 Å². The van der Waals surface area contributed by atoms with Gasteiger partial charge in [0.15, 0.2) is 0 Å². The molecule has 0 aromatic heterocycles. The molecule has 0 radical (unpaired) electrons. The van der Waals surface area contributed by atoms with Gasteiger partial charge in [0.2, 0.25) is 5.91 Å². The Balaban J connectivity index is 1.55. The van der Waals surface area contributed by atoms with Crippen LogP contribution in [0.2, 0.25) is 0 Å². The van der Waals surface area contributed by atoms with E-state index in [2.05, 4.69) is 17.4 Å². The van der Waals surface area contributed by atoms with Gasteiger partial charge in [0.25, 0.3) is 5.91 Å². The summed E-state index contributed by atoms with van der Waals surface area (Å²) in [6.45, 7) is 2.61. The van der Waals surface area contributed by atoms with Crippen LogP contribution in [0.15, 0.2) is 48.5 Å². The van der Waals surface area contributed by atoms with Gasteiger partial charge < -0.3 is 10.2 Å². The molecule has 1 aliphatic heterocycles. The molecule has 2 amide bonds. The SMILES string of the molecule is Cc1ccc([C@H](CC(=O)NC2CCCCC2)N2Cc3ccccc3C2=O)cc1. The molecule has 1 fully saturated rings. The van der Waals surface area contributed by atoms with Crippen LogP contribution < -0.4 is 5.32 Å². The van der Waals surface area contributed by atoms with Gasteiger partial charge in [-0.05, 0) is 37.0 Å². The minimum atomic E-state index is -0.246. The monoisotopic (exact) mass is 376 g/mol. The predicted molar refractivity (Wildman–Crippen MR) is 110 cm³/mol. The lowest BCUT2D eigenvalue weighted by atomic mass is 9.95. The highest BCUT2D eigenvalue weighted by atomic mass is 16.2. The molecule has 0 saturated heterocycles. The van der Waals surface area contributed by atoms with Crippen molar-refractivity contribution in [1.82, 2.24) is 10.2 Å².